The molecule has 3 rings (SSSR count). The van der Waals surface area contributed by atoms with Crippen molar-refractivity contribution in [3.05, 3.63) is 53.6 Å². The van der Waals surface area contributed by atoms with Gasteiger partial charge in [-0.25, -0.2) is 4.98 Å². The zero-order chi connectivity index (χ0) is 19.4. The molecule has 144 valence electrons. The quantitative estimate of drug-likeness (QED) is 0.813. The Kier molecular flexibility index (Phi) is 5.60. The maximum absolute atomic E-state index is 13.9. The Morgan fingerprint density at radius 1 is 1.22 bits per heavy atom. The normalized spacial score (nSPS) is 16.1. The zero-order valence-electron chi connectivity index (χ0n) is 15.4. The molecule has 1 amide bonds. The topological polar surface area (TPSA) is 71.9 Å². The number of hydrogen-bond acceptors (Lipinski definition) is 5. The molecule has 6 nitrogen and oxygen atoms in total. The Hall–Kier alpha value is -2.67. The third-order valence-corrected chi connectivity index (χ3v) is 5.01. The van der Waals surface area contributed by atoms with Crippen LogP contribution in [-0.4, -0.2) is 48.2 Å². The molecule has 27 heavy (non-hydrogen) atoms. The highest BCUT2D eigenvalue weighted by atomic mass is 19.1. The van der Waals surface area contributed by atoms with Crippen molar-refractivity contribution in [2.24, 2.45) is 0 Å². The number of amides is 1. The first-order chi connectivity index (χ1) is 13.0. The van der Waals surface area contributed by atoms with E-state index in [1.807, 2.05) is 6.07 Å². The standard InChI is InChI=1S/C20H23FN2O4/c1-26-16-6-5-14(12-17(16)27-2)13-18(24)23-10-7-20(25,8-11-23)15-4-3-9-22-19(15)21/h3-6,9,12,25H,7-8,10-11,13H2,1-2H3. The van der Waals surface area contributed by atoms with E-state index in [9.17, 15) is 14.3 Å². The van der Waals surface area contributed by atoms with Crippen molar-refractivity contribution in [1.29, 1.82) is 0 Å². The second-order valence-electron chi connectivity index (χ2n) is 6.62. The van der Waals surface area contributed by atoms with Crippen LogP contribution in [0.15, 0.2) is 36.5 Å². The van der Waals surface area contributed by atoms with Gasteiger partial charge in [0, 0.05) is 24.8 Å². The lowest BCUT2D eigenvalue weighted by atomic mass is 9.85. The predicted molar refractivity (Wildman–Crippen MR) is 97.2 cm³/mol. The molecule has 1 aliphatic heterocycles. The molecular formula is C20H23FN2O4. The minimum atomic E-state index is -1.29. The first-order valence-electron chi connectivity index (χ1n) is 8.79. The van der Waals surface area contributed by atoms with Gasteiger partial charge in [0.1, 0.15) is 0 Å². The van der Waals surface area contributed by atoms with Gasteiger partial charge in [-0.15, -0.1) is 0 Å². The van der Waals surface area contributed by atoms with E-state index >= 15 is 0 Å². The van der Waals surface area contributed by atoms with Crippen LogP contribution in [-0.2, 0) is 16.8 Å². The number of aromatic nitrogens is 1. The number of ether oxygens (including phenoxy) is 2. The molecule has 2 heterocycles. The van der Waals surface area contributed by atoms with Crippen molar-refractivity contribution in [3.8, 4) is 11.5 Å². The highest BCUT2D eigenvalue weighted by molar-refractivity contribution is 5.79. The Morgan fingerprint density at radius 3 is 2.56 bits per heavy atom. The van der Waals surface area contributed by atoms with Gasteiger partial charge in [0.05, 0.1) is 26.2 Å². The van der Waals surface area contributed by atoms with Crippen LogP contribution in [0, 0.1) is 5.95 Å². The fourth-order valence-corrected chi connectivity index (χ4v) is 3.41. The molecule has 1 aliphatic rings. The van der Waals surface area contributed by atoms with Crippen LogP contribution < -0.4 is 9.47 Å². The molecule has 0 radical (unpaired) electrons. The Balaban J connectivity index is 1.64. The molecular weight excluding hydrogens is 351 g/mol. The van der Waals surface area contributed by atoms with Gasteiger partial charge in [0.2, 0.25) is 11.9 Å². The van der Waals surface area contributed by atoms with Crippen LogP contribution in [0.2, 0.25) is 0 Å². The molecule has 1 N–H and O–H groups in total. The van der Waals surface area contributed by atoms with Crippen LogP contribution in [0.3, 0.4) is 0 Å². The van der Waals surface area contributed by atoms with Crippen molar-refractivity contribution < 1.29 is 23.8 Å². The van der Waals surface area contributed by atoms with Gasteiger partial charge >= 0.3 is 0 Å². The summed E-state index contributed by atoms with van der Waals surface area (Å²) >= 11 is 0. The molecule has 1 aromatic heterocycles. The Bertz CT molecular complexity index is 819. The zero-order valence-corrected chi connectivity index (χ0v) is 15.4. The Labute approximate surface area is 157 Å². The van der Waals surface area contributed by atoms with Crippen molar-refractivity contribution in [2.45, 2.75) is 24.9 Å². The first kappa shape index (κ1) is 19.1. The predicted octanol–water partition coefficient (Wildman–Crippen LogP) is 2.29. The van der Waals surface area contributed by atoms with Crippen LogP contribution in [0.5, 0.6) is 11.5 Å². The minimum absolute atomic E-state index is 0.0454. The van der Waals surface area contributed by atoms with E-state index in [0.29, 0.717) is 24.6 Å². The summed E-state index contributed by atoms with van der Waals surface area (Å²) < 4.78 is 24.4. The number of likely N-dealkylation sites (tertiary alicyclic amines) is 1. The number of benzene rings is 1. The van der Waals surface area contributed by atoms with E-state index in [2.05, 4.69) is 4.98 Å². The molecule has 0 spiro atoms. The fraction of sp³-hybridized carbons (Fsp3) is 0.400. The highest BCUT2D eigenvalue weighted by Gasteiger charge is 2.37. The van der Waals surface area contributed by atoms with Crippen molar-refractivity contribution >= 4 is 5.91 Å². The molecule has 2 aromatic rings. The molecule has 0 bridgehead atoms. The minimum Gasteiger partial charge on any atom is -0.493 e. The summed E-state index contributed by atoms with van der Waals surface area (Å²) in [5, 5.41) is 10.8. The number of rotatable bonds is 5. The second-order valence-corrected chi connectivity index (χ2v) is 6.62. The summed E-state index contributed by atoms with van der Waals surface area (Å²) in [5.41, 5.74) is -0.285. The van der Waals surface area contributed by atoms with E-state index in [0.717, 1.165) is 5.56 Å². The largest absolute Gasteiger partial charge is 0.493 e. The monoisotopic (exact) mass is 374 g/mol. The second kappa shape index (κ2) is 7.92. The fourth-order valence-electron chi connectivity index (χ4n) is 3.41. The Morgan fingerprint density at radius 2 is 1.93 bits per heavy atom. The van der Waals surface area contributed by atoms with Crippen molar-refractivity contribution in [2.75, 3.05) is 27.3 Å². The van der Waals surface area contributed by atoms with Gasteiger partial charge in [0.25, 0.3) is 0 Å². The van der Waals surface area contributed by atoms with Crippen LogP contribution in [0.4, 0.5) is 4.39 Å². The van der Waals surface area contributed by atoms with Gasteiger partial charge in [-0.2, -0.15) is 4.39 Å². The average molecular weight is 374 g/mol. The summed E-state index contributed by atoms with van der Waals surface area (Å²) in [4.78, 5) is 17.9. The number of carbonyl (C=O) groups excluding carboxylic acids is 1. The molecule has 0 unspecified atom stereocenters. The molecule has 1 aromatic carbocycles. The van der Waals surface area contributed by atoms with Gasteiger partial charge < -0.3 is 19.5 Å². The maximum Gasteiger partial charge on any atom is 0.226 e. The molecule has 0 aliphatic carbocycles. The molecule has 1 saturated heterocycles. The summed E-state index contributed by atoms with van der Waals surface area (Å²) in [6, 6.07) is 8.52. The number of aliphatic hydroxyl groups is 1. The summed E-state index contributed by atoms with van der Waals surface area (Å²) in [5.74, 6) is 0.471. The number of methoxy groups -OCH3 is 2. The summed E-state index contributed by atoms with van der Waals surface area (Å²) in [6.07, 6.45) is 2.12. The number of nitrogens with zero attached hydrogens (tertiary/aromatic N) is 2. The maximum atomic E-state index is 13.9. The number of carbonyl (C=O) groups is 1. The van der Waals surface area contributed by atoms with Crippen molar-refractivity contribution in [3.63, 3.8) is 0 Å². The van der Waals surface area contributed by atoms with Gasteiger partial charge in [-0.3, -0.25) is 4.79 Å². The average Bonchev–Trinajstić information content (AvgIpc) is 2.68. The van der Waals surface area contributed by atoms with E-state index in [-0.39, 0.29) is 30.7 Å². The van der Waals surface area contributed by atoms with Crippen LogP contribution >= 0.6 is 0 Å². The molecule has 7 heteroatoms. The number of halogens is 1. The molecule has 0 saturated carbocycles. The summed E-state index contributed by atoms with van der Waals surface area (Å²) in [7, 11) is 3.11. The van der Waals surface area contributed by atoms with Crippen LogP contribution in [0.25, 0.3) is 0 Å². The van der Waals surface area contributed by atoms with Crippen LogP contribution in [0.1, 0.15) is 24.0 Å². The van der Waals surface area contributed by atoms with Gasteiger partial charge in [0.15, 0.2) is 11.5 Å². The highest BCUT2D eigenvalue weighted by Crippen LogP contribution is 2.34. The SMILES string of the molecule is COc1ccc(CC(=O)N2CCC(O)(c3cccnc3F)CC2)cc1OC. The van der Waals surface area contributed by atoms with Gasteiger partial charge in [-0.1, -0.05) is 12.1 Å². The van der Waals surface area contributed by atoms with Crippen molar-refractivity contribution in [1.82, 2.24) is 9.88 Å². The number of piperidine rings is 1. The number of pyridine rings is 1. The molecule has 1 fully saturated rings. The van der Waals surface area contributed by atoms with Gasteiger partial charge in [-0.05, 0) is 36.6 Å². The third-order valence-electron chi connectivity index (χ3n) is 5.01. The lowest BCUT2D eigenvalue weighted by molar-refractivity contribution is -0.135. The van der Waals surface area contributed by atoms with E-state index in [1.54, 1.807) is 43.4 Å². The van der Waals surface area contributed by atoms with E-state index < -0.39 is 11.5 Å². The smallest absolute Gasteiger partial charge is 0.226 e. The lowest BCUT2D eigenvalue weighted by Gasteiger charge is -2.38. The molecule has 0 atom stereocenters. The number of hydrogen-bond donors (Lipinski definition) is 1. The third kappa shape index (κ3) is 4.03. The first-order valence-corrected chi connectivity index (χ1v) is 8.79. The summed E-state index contributed by atoms with van der Waals surface area (Å²) in [6.45, 7) is 0.716. The lowest BCUT2D eigenvalue weighted by Crippen LogP contribution is -2.46. The van der Waals surface area contributed by atoms with E-state index in [4.69, 9.17) is 9.47 Å². The van der Waals surface area contributed by atoms with E-state index in [1.165, 1.54) is 6.20 Å².